The van der Waals surface area contributed by atoms with Crippen molar-refractivity contribution < 1.29 is 6.11 Å². The minimum absolute atomic E-state index is 0.426. The van der Waals surface area contributed by atoms with E-state index in [2.05, 4.69) is 91.0 Å². The summed E-state index contributed by atoms with van der Waals surface area (Å²) in [6.07, 6.45) is 6.39. The predicted octanol–water partition coefficient (Wildman–Crippen LogP) is 10.2. The molecule has 0 bridgehead atoms. The van der Waals surface area contributed by atoms with E-state index < -0.39 is 0 Å². The van der Waals surface area contributed by atoms with Gasteiger partial charge in [-0.15, -0.1) is 0 Å². The second kappa shape index (κ2) is 11.8. The van der Waals surface area contributed by atoms with E-state index in [4.69, 9.17) is 11.2 Å². The Balaban J connectivity index is 1.28. The van der Waals surface area contributed by atoms with Crippen molar-refractivity contribution in [2.24, 2.45) is 0 Å². The molecule has 44 heavy (non-hydrogen) atoms. The largest absolute Gasteiger partial charge is 0.457 e. The highest BCUT2D eigenvalue weighted by Gasteiger charge is 2.17. The Morgan fingerprint density at radius 1 is 0.773 bits per heavy atom. The molecular weight excluding hydrogens is 540 g/mol. The van der Waals surface area contributed by atoms with E-state index in [1.165, 1.54) is 30.2 Å². The summed E-state index contributed by atoms with van der Waals surface area (Å²) in [7, 11) is 0. The van der Waals surface area contributed by atoms with Crippen molar-refractivity contribution in [3.05, 3.63) is 132 Å². The Hall–Kier alpha value is -5.16. The van der Waals surface area contributed by atoms with E-state index in [0.717, 1.165) is 68.4 Å². The van der Waals surface area contributed by atoms with E-state index in [0.29, 0.717) is 6.04 Å². The number of nitrogens with zero attached hydrogens (tertiary/aromatic N) is 4. The highest BCUT2D eigenvalue weighted by molar-refractivity contribution is 6.09. The van der Waals surface area contributed by atoms with Crippen LogP contribution < -0.4 is 4.74 Å². The normalized spacial score (nSPS) is 11.8. The van der Waals surface area contributed by atoms with Crippen molar-refractivity contribution in [1.29, 1.82) is 0 Å². The molecule has 5 nitrogen and oxygen atoms in total. The van der Waals surface area contributed by atoms with Gasteiger partial charge in [-0.25, -0.2) is 9.67 Å². The molecule has 0 saturated carbocycles. The third kappa shape index (κ3) is 5.15. The lowest BCUT2D eigenvalue weighted by Crippen LogP contribution is -1.99. The number of ether oxygens (including phenoxy) is 1. The molecule has 0 aliphatic carbocycles. The number of hydrogen-bond donors (Lipinski definition) is 0. The van der Waals surface area contributed by atoms with Crippen LogP contribution in [0.2, 0.25) is 0 Å². The van der Waals surface area contributed by atoms with Gasteiger partial charge in [0.2, 0.25) is 0 Å². The molecule has 0 amide bonds. The zero-order valence-corrected chi connectivity index (χ0v) is 25.4. The van der Waals surface area contributed by atoms with Gasteiger partial charge in [0.1, 0.15) is 17.3 Å². The molecular formula is C39H36N4O. The van der Waals surface area contributed by atoms with E-state index >= 15 is 0 Å². The Kier molecular flexibility index (Phi) is 7.13. The molecule has 5 heteroatoms. The van der Waals surface area contributed by atoms with Gasteiger partial charge in [-0.05, 0) is 86.3 Å². The van der Waals surface area contributed by atoms with E-state index in [9.17, 15) is 0 Å². The Morgan fingerprint density at radius 3 is 2.48 bits per heavy atom. The number of unbranched alkanes of at least 4 members (excludes halogenated alkanes) is 2. The van der Waals surface area contributed by atoms with Crippen LogP contribution in [0.5, 0.6) is 11.5 Å². The first-order valence-electron chi connectivity index (χ1n) is 15.9. The number of rotatable bonds is 9. The molecule has 7 rings (SSSR count). The van der Waals surface area contributed by atoms with Gasteiger partial charge in [0.25, 0.3) is 0 Å². The molecule has 7 aromatic rings. The summed E-state index contributed by atoms with van der Waals surface area (Å²) < 4.78 is 18.9. The van der Waals surface area contributed by atoms with E-state index in [1.807, 2.05) is 41.1 Å². The Bertz CT molecular complexity index is 2140. The van der Waals surface area contributed by atoms with Crippen LogP contribution in [0.15, 0.2) is 115 Å². The second-order valence-corrected chi connectivity index (χ2v) is 11.4. The summed E-state index contributed by atoms with van der Waals surface area (Å²) in [6, 6.07) is 35.4. The zero-order chi connectivity index (χ0) is 30.9. The highest BCUT2D eigenvalue weighted by atomic mass is 16.5. The SMILES string of the molecule is [2H]c1ccnc(-n2c3ccc(CCCCC)cc3c3ccc(Oc4cccc(-n5nc(C)c(-c6ccccc6)c5C)c4)cc32)c1. The van der Waals surface area contributed by atoms with Crippen molar-refractivity contribution in [3.63, 3.8) is 0 Å². The number of benzene rings is 4. The molecule has 218 valence electrons. The summed E-state index contributed by atoms with van der Waals surface area (Å²) in [4.78, 5) is 4.66. The fourth-order valence-electron chi connectivity index (χ4n) is 6.26. The third-order valence-corrected chi connectivity index (χ3v) is 8.34. The van der Waals surface area contributed by atoms with Crippen LogP contribution in [0.1, 0.15) is 44.5 Å². The van der Waals surface area contributed by atoms with Crippen molar-refractivity contribution in [1.82, 2.24) is 19.3 Å². The van der Waals surface area contributed by atoms with Gasteiger partial charge in [-0.1, -0.05) is 68.3 Å². The monoisotopic (exact) mass is 577 g/mol. The summed E-state index contributed by atoms with van der Waals surface area (Å²) in [5, 5.41) is 7.21. The molecule has 0 radical (unpaired) electrons. The first-order valence-corrected chi connectivity index (χ1v) is 15.4. The quantitative estimate of drug-likeness (QED) is 0.160. The predicted molar refractivity (Wildman–Crippen MR) is 180 cm³/mol. The van der Waals surface area contributed by atoms with Gasteiger partial charge < -0.3 is 4.74 Å². The minimum Gasteiger partial charge on any atom is -0.457 e. The number of fused-ring (bicyclic) bond motifs is 3. The summed E-state index contributed by atoms with van der Waals surface area (Å²) in [5.41, 5.74) is 8.73. The molecule has 0 fully saturated rings. The zero-order valence-electron chi connectivity index (χ0n) is 26.4. The number of pyridine rings is 1. The van der Waals surface area contributed by atoms with Gasteiger partial charge >= 0.3 is 0 Å². The Labute approximate surface area is 259 Å². The standard InChI is InChI=1S/C39H36N4O/c1-4-5-7-13-29-19-22-36-35(24-29)34-21-20-33(26-37(34)42(36)38-18-10-11-23-40-38)44-32-17-12-16-31(25-32)43-28(3)39(27(2)41-43)30-14-8-6-9-15-30/h6,8-12,14-26H,4-5,7,13H2,1-3H3/i10D. The lowest BCUT2D eigenvalue weighted by atomic mass is 10.0. The van der Waals surface area contributed by atoms with E-state index in [1.54, 1.807) is 12.3 Å². The van der Waals surface area contributed by atoms with Crippen LogP contribution in [0.3, 0.4) is 0 Å². The maximum atomic E-state index is 8.26. The molecule has 4 aromatic carbocycles. The molecule has 0 aliphatic rings. The lowest BCUT2D eigenvalue weighted by Gasteiger charge is -2.11. The van der Waals surface area contributed by atoms with Crippen LogP contribution in [0.25, 0.3) is 44.4 Å². The topological polar surface area (TPSA) is 44.9 Å². The van der Waals surface area contributed by atoms with Gasteiger partial charge in [0.15, 0.2) is 0 Å². The summed E-state index contributed by atoms with van der Waals surface area (Å²) in [5.74, 6) is 2.18. The number of hydrogen-bond acceptors (Lipinski definition) is 3. The van der Waals surface area contributed by atoms with Crippen molar-refractivity contribution in [2.45, 2.75) is 46.5 Å². The van der Waals surface area contributed by atoms with Crippen molar-refractivity contribution in [2.75, 3.05) is 0 Å². The molecule has 3 heterocycles. The van der Waals surface area contributed by atoms with Gasteiger partial charge in [-0.2, -0.15) is 5.10 Å². The maximum absolute atomic E-state index is 8.26. The molecule has 0 N–H and O–H groups in total. The highest BCUT2D eigenvalue weighted by Crippen LogP contribution is 2.36. The average molecular weight is 578 g/mol. The van der Waals surface area contributed by atoms with Crippen LogP contribution >= 0.6 is 0 Å². The van der Waals surface area contributed by atoms with Gasteiger partial charge in [0, 0.05) is 40.4 Å². The lowest BCUT2D eigenvalue weighted by molar-refractivity contribution is 0.483. The minimum atomic E-state index is 0.426. The molecule has 0 aliphatic heterocycles. The molecule has 0 saturated heterocycles. The van der Waals surface area contributed by atoms with Crippen LogP contribution in [-0.2, 0) is 6.42 Å². The van der Waals surface area contributed by atoms with Crippen molar-refractivity contribution in [3.8, 4) is 34.1 Å². The molecule has 0 spiro atoms. The van der Waals surface area contributed by atoms with E-state index in [-0.39, 0.29) is 0 Å². The first kappa shape index (κ1) is 26.5. The molecule has 3 aromatic heterocycles. The molecule has 0 unspecified atom stereocenters. The number of aromatic nitrogens is 4. The summed E-state index contributed by atoms with van der Waals surface area (Å²) in [6.45, 7) is 6.40. The van der Waals surface area contributed by atoms with Crippen LogP contribution in [0.4, 0.5) is 0 Å². The Morgan fingerprint density at radius 2 is 1.64 bits per heavy atom. The molecule has 0 atom stereocenters. The number of aryl methyl sites for hydroxylation is 2. The van der Waals surface area contributed by atoms with Gasteiger partial charge in [-0.3, -0.25) is 4.57 Å². The third-order valence-electron chi connectivity index (χ3n) is 8.34. The fraction of sp³-hybridized carbons (Fsp3) is 0.179. The maximum Gasteiger partial charge on any atom is 0.137 e. The average Bonchev–Trinajstić information content (AvgIpc) is 3.54. The smallest absolute Gasteiger partial charge is 0.137 e. The van der Waals surface area contributed by atoms with Gasteiger partial charge in [0.05, 0.1) is 23.8 Å². The fourth-order valence-corrected chi connectivity index (χ4v) is 6.26. The van der Waals surface area contributed by atoms with Crippen LogP contribution in [0, 0.1) is 13.8 Å². The second-order valence-electron chi connectivity index (χ2n) is 11.4. The summed E-state index contributed by atoms with van der Waals surface area (Å²) >= 11 is 0. The van der Waals surface area contributed by atoms with Crippen molar-refractivity contribution >= 4 is 21.8 Å². The first-order chi connectivity index (χ1) is 22.0. The van der Waals surface area contributed by atoms with Crippen LogP contribution in [-0.4, -0.2) is 19.3 Å².